The highest BCUT2D eigenvalue weighted by molar-refractivity contribution is 7.14. The second-order valence-electron chi connectivity index (χ2n) is 7.14. The Hall–Kier alpha value is -3.59. The van der Waals surface area contributed by atoms with Gasteiger partial charge < -0.3 is 24.4 Å². The Morgan fingerprint density at radius 2 is 2.00 bits per heavy atom. The smallest absolute Gasteiger partial charge is 0.264 e. The van der Waals surface area contributed by atoms with Crippen molar-refractivity contribution in [3.63, 3.8) is 0 Å². The van der Waals surface area contributed by atoms with Gasteiger partial charge in [0.2, 0.25) is 5.91 Å². The summed E-state index contributed by atoms with van der Waals surface area (Å²) in [6, 6.07) is 12.9. The van der Waals surface area contributed by atoms with Crippen molar-refractivity contribution in [2.24, 2.45) is 0 Å². The van der Waals surface area contributed by atoms with Crippen LogP contribution in [0, 0.1) is 0 Å². The molecule has 9 heteroatoms. The molecule has 0 unspecified atom stereocenters. The Labute approximate surface area is 189 Å². The summed E-state index contributed by atoms with van der Waals surface area (Å²) in [7, 11) is 3.33. The minimum Gasteiger partial charge on any atom is -0.497 e. The summed E-state index contributed by atoms with van der Waals surface area (Å²) in [5, 5.41) is 5.23. The molecule has 0 radical (unpaired) electrons. The molecule has 0 aliphatic carbocycles. The Morgan fingerprint density at radius 3 is 2.78 bits per heavy atom. The summed E-state index contributed by atoms with van der Waals surface area (Å²) >= 11 is 1.35. The third-order valence-corrected chi connectivity index (χ3v) is 5.73. The Kier molecular flexibility index (Phi) is 6.55. The SMILES string of the molecule is COc1ccc(OCCCC(=O)Nc2nc(-c3ccc4c(c3)N(C)C(=O)CO4)cs2)cc1. The standard InChI is InChI=1S/C23H23N3O5S/c1-26-19-12-15(5-10-20(19)31-13-22(26)28)18-14-32-23(24-18)25-21(27)4-3-11-30-17-8-6-16(29-2)7-9-17/h5-10,12,14H,3-4,11,13H2,1-2H3,(H,24,25,27). The monoisotopic (exact) mass is 453 g/mol. The summed E-state index contributed by atoms with van der Waals surface area (Å²) in [4.78, 5) is 30.2. The van der Waals surface area contributed by atoms with Crippen molar-refractivity contribution >= 4 is 34.0 Å². The second kappa shape index (κ2) is 9.69. The van der Waals surface area contributed by atoms with Crippen LogP contribution in [0.3, 0.4) is 0 Å². The van der Waals surface area contributed by atoms with Gasteiger partial charge in [-0.25, -0.2) is 4.98 Å². The van der Waals surface area contributed by atoms with Crippen molar-refractivity contribution in [2.75, 3.05) is 37.6 Å². The van der Waals surface area contributed by atoms with Crippen LogP contribution in [-0.4, -0.2) is 44.2 Å². The van der Waals surface area contributed by atoms with E-state index in [4.69, 9.17) is 14.2 Å². The van der Waals surface area contributed by atoms with Crippen LogP contribution in [0.5, 0.6) is 17.2 Å². The first-order chi connectivity index (χ1) is 15.5. The number of anilines is 2. The van der Waals surface area contributed by atoms with Gasteiger partial charge >= 0.3 is 0 Å². The summed E-state index contributed by atoms with van der Waals surface area (Å²) in [5.74, 6) is 1.95. The van der Waals surface area contributed by atoms with Gasteiger partial charge in [-0.05, 0) is 48.9 Å². The zero-order valence-electron chi connectivity index (χ0n) is 17.8. The molecular weight excluding hydrogens is 430 g/mol. The highest BCUT2D eigenvalue weighted by atomic mass is 32.1. The van der Waals surface area contributed by atoms with Crippen molar-refractivity contribution in [1.29, 1.82) is 0 Å². The van der Waals surface area contributed by atoms with Crippen molar-refractivity contribution in [1.82, 2.24) is 4.98 Å². The molecule has 1 aliphatic rings. The number of carbonyl (C=O) groups excluding carboxylic acids is 2. The van der Waals surface area contributed by atoms with Crippen molar-refractivity contribution < 1.29 is 23.8 Å². The number of fused-ring (bicyclic) bond motifs is 1. The number of amides is 2. The number of aromatic nitrogens is 1. The molecular formula is C23H23N3O5S. The van der Waals surface area contributed by atoms with Crippen molar-refractivity contribution in [3.05, 3.63) is 47.8 Å². The van der Waals surface area contributed by atoms with E-state index in [1.165, 1.54) is 11.3 Å². The summed E-state index contributed by atoms with van der Waals surface area (Å²) < 4.78 is 16.2. The fourth-order valence-electron chi connectivity index (χ4n) is 3.17. The molecule has 0 fully saturated rings. The van der Waals surface area contributed by atoms with Crippen LogP contribution in [-0.2, 0) is 9.59 Å². The van der Waals surface area contributed by atoms with E-state index in [9.17, 15) is 9.59 Å². The summed E-state index contributed by atoms with van der Waals surface area (Å²) in [6.45, 7) is 0.479. The van der Waals surface area contributed by atoms with E-state index in [0.29, 0.717) is 36.0 Å². The van der Waals surface area contributed by atoms with Gasteiger partial charge in [0.25, 0.3) is 5.91 Å². The normalized spacial score (nSPS) is 12.7. The second-order valence-corrected chi connectivity index (χ2v) is 8.00. The highest BCUT2D eigenvalue weighted by Crippen LogP contribution is 2.36. The zero-order valence-corrected chi connectivity index (χ0v) is 18.6. The number of rotatable bonds is 8. The topological polar surface area (TPSA) is 90.0 Å². The lowest BCUT2D eigenvalue weighted by molar-refractivity contribution is -0.121. The highest BCUT2D eigenvalue weighted by Gasteiger charge is 2.23. The first-order valence-corrected chi connectivity index (χ1v) is 11.0. The van der Waals surface area contributed by atoms with Gasteiger partial charge in [-0.15, -0.1) is 11.3 Å². The largest absolute Gasteiger partial charge is 0.497 e. The number of methoxy groups -OCH3 is 1. The predicted octanol–water partition coefficient (Wildman–Crippen LogP) is 3.97. The molecule has 166 valence electrons. The van der Waals surface area contributed by atoms with E-state index >= 15 is 0 Å². The minimum absolute atomic E-state index is 0.0425. The lowest BCUT2D eigenvalue weighted by atomic mass is 10.1. The zero-order chi connectivity index (χ0) is 22.5. The third-order valence-electron chi connectivity index (χ3n) is 4.97. The molecule has 1 N–H and O–H groups in total. The molecule has 2 amide bonds. The molecule has 0 saturated heterocycles. The summed E-state index contributed by atoms with van der Waals surface area (Å²) in [6.07, 6.45) is 0.912. The number of ether oxygens (including phenoxy) is 3. The number of nitrogens with one attached hydrogen (secondary N) is 1. The fourth-order valence-corrected chi connectivity index (χ4v) is 3.91. The molecule has 2 aromatic carbocycles. The Bertz CT molecular complexity index is 1110. The number of carbonyl (C=O) groups is 2. The van der Waals surface area contributed by atoms with Crippen LogP contribution in [0.4, 0.5) is 10.8 Å². The van der Waals surface area contributed by atoms with Gasteiger partial charge in [-0.1, -0.05) is 0 Å². The van der Waals surface area contributed by atoms with Gasteiger partial charge in [0.15, 0.2) is 11.7 Å². The number of hydrogen-bond acceptors (Lipinski definition) is 7. The summed E-state index contributed by atoms with van der Waals surface area (Å²) in [5.41, 5.74) is 2.27. The van der Waals surface area contributed by atoms with E-state index in [2.05, 4.69) is 10.3 Å². The number of nitrogens with zero attached hydrogens (tertiary/aromatic N) is 2. The first-order valence-electron chi connectivity index (χ1n) is 10.1. The van der Waals surface area contributed by atoms with Crippen molar-refractivity contribution in [2.45, 2.75) is 12.8 Å². The lowest BCUT2D eigenvalue weighted by Crippen LogP contribution is -2.35. The van der Waals surface area contributed by atoms with Gasteiger partial charge in [-0.2, -0.15) is 0 Å². The molecule has 0 bridgehead atoms. The van der Waals surface area contributed by atoms with Crippen molar-refractivity contribution in [3.8, 4) is 28.5 Å². The van der Waals surface area contributed by atoms with E-state index in [0.717, 1.165) is 22.8 Å². The third kappa shape index (κ3) is 5.00. The number of hydrogen-bond donors (Lipinski definition) is 1. The van der Waals surface area contributed by atoms with Crippen LogP contribution in [0.1, 0.15) is 12.8 Å². The maximum absolute atomic E-state index is 12.2. The molecule has 2 heterocycles. The van der Waals surface area contributed by atoms with Gasteiger partial charge in [0, 0.05) is 24.4 Å². The quantitative estimate of drug-likeness (QED) is 0.519. The molecule has 0 spiro atoms. The Balaban J connectivity index is 1.28. The molecule has 4 rings (SSSR count). The minimum atomic E-state index is -0.117. The van der Waals surface area contributed by atoms with Crippen LogP contribution < -0.4 is 24.4 Å². The average Bonchev–Trinajstić information content (AvgIpc) is 3.28. The average molecular weight is 454 g/mol. The molecule has 32 heavy (non-hydrogen) atoms. The maximum atomic E-state index is 12.2. The predicted molar refractivity (Wildman–Crippen MR) is 123 cm³/mol. The fraction of sp³-hybridized carbons (Fsp3) is 0.261. The van der Waals surface area contributed by atoms with E-state index in [1.54, 1.807) is 19.1 Å². The van der Waals surface area contributed by atoms with Crippen LogP contribution in [0.2, 0.25) is 0 Å². The van der Waals surface area contributed by atoms with Crippen LogP contribution in [0.15, 0.2) is 47.8 Å². The molecule has 1 aromatic heterocycles. The van der Waals surface area contributed by atoms with E-state index in [-0.39, 0.29) is 18.4 Å². The number of likely N-dealkylation sites (N-methyl/N-ethyl adjacent to an activating group) is 1. The molecule has 1 aliphatic heterocycles. The van der Waals surface area contributed by atoms with Crippen LogP contribution >= 0.6 is 11.3 Å². The maximum Gasteiger partial charge on any atom is 0.264 e. The molecule has 0 saturated carbocycles. The Morgan fingerprint density at radius 1 is 1.22 bits per heavy atom. The van der Waals surface area contributed by atoms with Gasteiger partial charge in [0.05, 0.1) is 25.1 Å². The van der Waals surface area contributed by atoms with Gasteiger partial charge in [-0.3, -0.25) is 9.59 Å². The number of benzene rings is 2. The van der Waals surface area contributed by atoms with Gasteiger partial charge in [0.1, 0.15) is 17.2 Å². The number of thiazole rings is 1. The van der Waals surface area contributed by atoms with E-state index in [1.807, 2.05) is 47.8 Å². The first kappa shape index (κ1) is 21.6. The molecule has 3 aromatic rings. The lowest BCUT2D eigenvalue weighted by Gasteiger charge is -2.26. The van der Waals surface area contributed by atoms with Crippen LogP contribution in [0.25, 0.3) is 11.3 Å². The van der Waals surface area contributed by atoms with E-state index < -0.39 is 0 Å². The molecule has 0 atom stereocenters. The molecule has 8 nitrogen and oxygen atoms in total.